The highest BCUT2D eigenvalue weighted by Crippen LogP contribution is 2.34. The van der Waals surface area contributed by atoms with Crippen LogP contribution in [-0.2, 0) is 13.0 Å². The van der Waals surface area contributed by atoms with Crippen molar-refractivity contribution < 1.29 is 9.84 Å². The number of nitrogens with zero attached hydrogens (tertiary/aromatic N) is 1. The summed E-state index contributed by atoms with van der Waals surface area (Å²) in [5.74, 6) is 0.870. The van der Waals surface area contributed by atoms with Crippen molar-refractivity contribution in [1.29, 1.82) is 0 Å². The molecule has 0 saturated carbocycles. The van der Waals surface area contributed by atoms with Crippen LogP contribution in [0.5, 0.6) is 5.75 Å². The van der Waals surface area contributed by atoms with Gasteiger partial charge in [0.2, 0.25) is 0 Å². The number of rotatable bonds is 4. The van der Waals surface area contributed by atoms with Crippen molar-refractivity contribution in [3.63, 3.8) is 0 Å². The maximum atomic E-state index is 10.5. The average molecular weight is 283 g/mol. The summed E-state index contributed by atoms with van der Waals surface area (Å²) < 4.78 is 5.18. The van der Waals surface area contributed by atoms with Gasteiger partial charge in [-0.1, -0.05) is 36.4 Å². The van der Waals surface area contributed by atoms with Crippen LogP contribution >= 0.6 is 0 Å². The third-order valence-electron chi connectivity index (χ3n) is 4.32. The van der Waals surface area contributed by atoms with E-state index in [1.54, 1.807) is 7.11 Å². The van der Waals surface area contributed by atoms with Crippen molar-refractivity contribution in [3.8, 4) is 5.75 Å². The van der Waals surface area contributed by atoms with Crippen molar-refractivity contribution in [1.82, 2.24) is 4.90 Å². The molecule has 0 amide bonds. The molecule has 21 heavy (non-hydrogen) atoms. The van der Waals surface area contributed by atoms with Crippen LogP contribution in [0.4, 0.5) is 0 Å². The first kappa shape index (κ1) is 14.1. The number of hydrogen-bond acceptors (Lipinski definition) is 3. The van der Waals surface area contributed by atoms with Crippen LogP contribution in [0.15, 0.2) is 48.5 Å². The Hall–Kier alpha value is -1.84. The fraction of sp³-hybridized carbons (Fsp3) is 0.333. The molecular weight excluding hydrogens is 262 g/mol. The number of likely N-dealkylation sites (N-methyl/N-ethyl adjacent to an activating group) is 1. The van der Waals surface area contributed by atoms with Crippen LogP contribution in [-0.4, -0.2) is 30.2 Å². The Kier molecular flexibility index (Phi) is 3.95. The molecule has 3 nitrogen and oxygen atoms in total. The van der Waals surface area contributed by atoms with E-state index in [0.717, 1.165) is 24.3 Å². The molecule has 0 saturated heterocycles. The third-order valence-corrected chi connectivity index (χ3v) is 4.32. The molecule has 0 heterocycles. The third kappa shape index (κ3) is 2.80. The number of benzene rings is 2. The monoisotopic (exact) mass is 283 g/mol. The van der Waals surface area contributed by atoms with Gasteiger partial charge in [0.25, 0.3) is 0 Å². The van der Waals surface area contributed by atoms with Crippen molar-refractivity contribution in [2.24, 2.45) is 0 Å². The van der Waals surface area contributed by atoms with Crippen molar-refractivity contribution in [2.75, 3.05) is 14.2 Å². The molecule has 0 radical (unpaired) electrons. The SMILES string of the molecule is COc1ccc(CN(C)C2Cc3ccccc3C2O)cc1. The van der Waals surface area contributed by atoms with Gasteiger partial charge < -0.3 is 9.84 Å². The van der Waals surface area contributed by atoms with Crippen LogP contribution in [0, 0.1) is 0 Å². The summed E-state index contributed by atoms with van der Waals surface area (Å²) in [6, 6.07) is 16.4. The van der Waals surface area contributed by atoms with Crippen molar-refractivity contribution in [2.45, 2.75) is 25.1 Å². The topological polar surface area (TPSA) is 32.7 Å². The molecule has 0 aromatic heterocycles. The first-order chi connectivity index (χ1) is 10.2. The molecule has 110 valence electrons. The fourth-order valence-electron chi connectivity index (χ4n) is 3.09. The molecule has 1 aliphatic rings. The molecule has 1 aliphatic carbocycles. The van der Waals surface area contributed by atoms with Crippen LogP contribution in [0.2, 0.25) is 0 Å². The molecule has 1 N–H and O–H groups in total. The second kappa shape index (κ2) is 5.88. The highest BCUT2D eigenvalue weighted by molar-refractivity contribution is 5.36. The lowest BCUT2D eigenvalue weighted by Gasteiger charge is -2.27. The summed E-state index contributed by atoms with van der Waals surface area (Å²) in [6.07, 6.45) is 0.508. The smallest absolute Gasteiger partial charge is 0.118 e. The van der Waals surface area contributed by atoms with E-state index in [-0.39, 0.29) is 6.04 Å². The first-order valence-electron chi connectivity index (χ1n) is 7.28. The predicted octanol–water partition coefficient (Wildman–Crippen LogP) is 2.79. The molecule has 0 spiro atoms. The molecule has 0 bridgehead atoms. The van der Waals surface area contributed by atoms with E-state index in [4.69, 9.17) is 4.74 Å². The molecular formula is C18H21NO2. The molecule has 3 rings (SSSR count). The Morgan fingerprint density at radius 1 is 1.14 bits per heavy atom. The van der Waals surface area contributed by atoms with Crippen LogP contribution in [0.25, 0.3) is 0 Å². The summed E-state index contributed by atoms with van der Waals surface area (Å²) in [6.45, 7) is 0.819. The zero-order valence-electron chi connectivity index (χ0n) is 12.5. The number of aliphatic hydroxyl groups excluding tert-OH is 1. The van der Waals surface area contributed by atoms with Gasteiger partial charge in [-0.25, -0.2) is 0 Å². The maximum absolute atomic E-state index is 10.5. The lowest BCUT2D eigenvalue weighted by atomic mass is 10.1. The predicted molar refractivity (Wildman–Crippen MR) is 83.4 cm³/mol. The van der Waals surface area contributed by atoms with E-state index >= 15 is 0 Å². The lowest BCUT2D eigenvalue weighted by molar-refractivity contribution is 0.0721. The Balaban J connectivity index is 1.70. The van der Waals surface area contributed by atoms with Gasteiger partial charge in [0, 0.05) is 12.6 Å². The minimum atomic E-state index is -0.399. The normalized spacial score (nSPS) is 20.6. The van der Waals surface area contributed by atoms with Gasteiger partial charge >= 0.3 is 0 Å². The average Bonchev–Trinajstić information content (AvgIpc) is 2.86. The molecule has 2 unspecified atom stereocenters. The van der Waals surface area contributed by atoms with Gasteiger partial charge in [-0.2, -0.15) is 0 Å². The summed E-state index contributed by atoms with van der Waals surface area (Å²) in [7, 11) is 3.75. The molecule has 2 aromatic carbocycles. The second-order valence-corrected chi connectivity index (χ2v) is 5.68. The number of methoxy groups -OCH3 is 1. The number of hydrogen-bond donors (Lipinski definition) is 1. The highest BCUT2D eigenvalue weighted by Gasteiger charge is 2.33. The van der Waals surface area contributed by atoms with Crippen molar-refractivity contribution >= 4 is 0 Å². The van der Waals surface area contributed by atoms with Gasteiger partial charge in [0.1, 0.15) is 5.75 Å². The van der Waals surface area contributed by atoms with Crippen LogP contribution in [0.3, 0.4) is 0 Å². The Morgan fingerprint density at radius 3 is 2.52 bits per heavy atom. The fourth-order valence-corrected chi connectivity index (χ4v) is 3.09. The highest BCUT2D eigenvalue weighted by atomic mass is 16.5. The van der Waals surface area contributed by atoms with Crippen LogP contribution in [0.1, 0.15) is 22.8 Å². The molecule has 0 aliphatic heterocycles. The Labute approximate surface area is 125 Å². The van der Waals surface area contributed by atoms with E-state index in [1.165, 1.54) is 11.1 Å². The largest absolute Gasteiger partial charge is 0.497 e. The summed E-state index contributed by atoms with van der Waals surface area (Å²) in [4.78, 5) is 2.23. The van der Waals surface area contributed by atoms with Crippen LogP contribution < -0.4 is 4.74 Å². The Bertz CT molecular complexity index is 609. The number of aliphatic hydroxyl groups is 1. The van der Waals surface area contributed by atoms with E-state index in [0.29, 0.717) is 0 Å². The molecule has 3 heteroatoms. The van der Waals surface area contributed by atoms with Gasteiger partial charge in [-0.3, -0.25) is 4.90 Å². The number of fused-ring (bicyclic) bond motifs is 1. The zero-order chi connectivity index (χ0) is 14.8. The summed E-state index contributed by atoms with van der Waals surface area (Å²) in [5.41, 5.74) is 3.56. The molecule has 0 fully saturated rings. The van der Waals surface area contributed by atoms with E-state index in [9.17, 15) is 5.11 Å². The summed E-state index contributed by atoms with van der Waals surface area (Å²) in [5, 5.41) is 10.5. The minimum Gasteiger partial charge on any atom is -0.497 e. The van der Waals surface area contributed by atoms with Crippen molar-refractivity contribution in [3.05, 3.63) is 65.2 Å². The van der Waals surface area contributed by atoms with E-state index in [1.807, 2.05) is 30.3 Å². The van der Waals surface area contributed by atoms with E-state index < -0.39 is 6.10 Å². The van der Waals surface area contributed by atoms with Gasteiger partial charge in [0.15, 0.2) is 0 Å². The van der Waals surface area contributed by atoms with Gasteiger partial charge in [0.05, 0.1) is 13.2 Å². The summed E-state index contributed by atoms with van der Waals surface area (Å²) >= 11 is 0. The van der Waals surface area contributed by atoms with Gasteiger partial charge in [-0.05, 0) is 42.3 Å². The quantitative estimate of drug-likeness (QED) is 0.936. The lowest BCUT2D eigenvalue weighted by Crippen LogP contribution is -2.34. The first-order valence-corrected chi connectivity index (χ1v) is 7.28. The maximum Gasteiger partial charge on any atom is 0.118 e. The van der Waals surface area contributed by atoms with E-state index in [2.05, 4.69) is 30.1 Å². The molecule has 2 aromatic rings. The minimum absolute atomic E-state index is 0.143. The zero-order valence-corrected chi connectivity index (χ0v) is 12.5. The second-order valence-electron chi connectivity index (χ2n) is 5.68. The number of ether oxygens (including phenoxy) is 1. The Morgan fingerprint density at radius 2 is 1.86 bits per heavy atom. The molecule has 2 atom stereocenters. The van der Waals surface area contributed by atoms with Gasteiger partial charge in [-0.15, -0.1) is 0 Å². The standard InChI is InChI=1S/C18H21NO2/c1-19(12-13-7-9-15(21-2)10-8-13)17-11-14-5-3-4-6-16(14)18(17)20/h3-10,17-18,20H,11-12H2,1-2H3.